The Hall–Kier alpha value is -2.47. The fourth-order valence-corrected chi connectivity index (χ4v) is 4.01. The molecular formula is C20H26N6. The molecular weight excluding hydrogens is 324 g/mol. The molecule has 26 heavy (non-hydrogen) atoms. The minimum absolute atomic E-state index is 0.343. The Morgan fingerprint density at radius 3 is 2.54 bits per heavy atom. The number of hydrogen-bond donors (Lipinski definition) is 0. The number of aryl methyl sites for hydroxylation is 1. The molecule has 3 heterocycles. The van der Waals surface area contributed by atoms with Gasteiger partial charge in [-0.1, -0.05) is 30.3 Å². The number of rotatable bonds is 3. The van der Waals surface area contributed by atoms with Crippen molar-refractivity contribution in [1.29, 1.82) is 0 Å². The molecule has 1 aliphatic heterocycles. The summed E-state index contributed by atoms with van der Waals surface area (Å²) in [5, 5.41) is 0. The summed E-state index contributed by atoms with van der Waals surface area (Å²) in [5.74, 6) is 0.946. The summed E-state index contributed by atoms with van der Waals surface area (Å²) in [4.78, 5) is 18.5. The Balaban J connectivity index is 1.62. The lowest BCUT2D eigenvalue weighted by Gasteiger charge is -2.49. The van der Waals surface area contributed by atoms with Crippen LogP contribution in [0.3, 0.4) is 0 Å². The molecule has 1 saturated heterocycles. The zero-order chi connectivity index (χ0) is 18.3. The molecule has 136 valence electrons. The van der Waals surface area contributed by atoms with Gasteiger partial charge in [-0.3, -0.25) is 4.90 Å². The van der Waals surface area contributed by atoms with Crippen molar-refractivity contribution in [1.82, 2.24) is 24.4 Å². The lowest BCUT2D eigenvalue weighted by molar-refractivity contribution is 0.0972. The zero-order valence-electron chi connectivity index (χ0n) is 15.9. The number of aromatic nitrogens is 4. The molecule has 3 atom stereocenters. The Morgan fingerprint density at radius 1 is 1.00 bits per heavy atom. The van der Waals surface area contributed by atoms with E-state index in [9.17, 15) is 0 Å². The number of fused-ring (bicyclic) bond motifs is 1. The van der Waals surface area contributed by atoms with Gasteiger partial charge in [0.2, 0.25) is 0 Å². The molecule has 4 rings (SSSR count). The number of nitrogens with zero attached hydrogens (tertiary/aromatic N) is 6. The van der Waals surface area contributed by atoms with Crippen molar-refractivity contribution in [2.75, 3.05) is 11.4 Å². The summed E-state index contributed by atoms with van der Waals surface area (Å²) >= 11 is 0. The number of imidazole rings is 1. The quantitative estimate of drug-likeness (QED) is 0.727. The molecule has 6 nitrogen and oxygen atoms in total. The van der Waals surface area contributed by atoms with Crippen LogP contribution in [0.5, 0.6) is 0 Å². The predicted octanol–water partition coefficient (Wildman–Crippen LogP) is 2.85. The highest BCUT2D eigenvalue weighted by molar-refractivity contribution is 5.83. The highest BCUT2D eigenvalue weighted by Gasteiger charge is 2.36. The minimum atomic E-state index is 0.343. The highest BCUT2D eigenvalue weighted by atomic mass is 15.3. The summed E-state index contributed by atoms with van der Waals surface area (Å²) in [6, 6.07) is 11.9. The maximum absolute atomic E-state index is 4.59. The molecule has 0 saturated carbocycles. The Morgan fingerprint density at radius 2 is 1.77 bits per heavy atom. The molecule has 0 N–H and O–H groups in total. The largest absolute Gasteiger partial charge is 0.349 e. The fourth-order valence-electron chi connectivity index (χ4n) is 4.01. The Bertz CT molecular complexity index is 890. The number of benzene rings is 1. The van der Waals surface area contributed by atoms with Crippen molar-refractivity contribution in [2.45, 2.75) is 45.4 Å². The van der Waals surface area contributed by atoms with E-state index in [1.165, 1.54) is 5.56 Å². The van der Waals surface area contributed by atoms with E-state index in [1.54, 1.807) is 6.33 Å². The van der Waals surface area contributed by atoms with E-state index >= 15 is 0 Å². The lowest BCUT2D eigenvalue weighted by Crippen LogP contribution is -2.61. The molecule has 3 aromatic rings. The fraction of sp³-hybridized carbons (Fsp3) is 0.450. The number of hydrogen-bond acceptors (Lipinski definition) is 5. The van der Waals surface area contributed by atoms with Crippen LogP contribution >= 0.6 is 0 Å². The van der Waals surface area contributed by atoms with Gasteiger partial charge in [0.25, 0.3) is 0 Å². The maximum atomic E-state index is 4.59. The van der Waals surface area contributed by atoms with Crippen LogP contribution in [0, 0.1) is 0 Å². The van der Waals surface area contributed by atoms with E-state index in [0.717, 1.165) is 30.1 Å². The van der Waals surface area contributed by atoms with Crippen LogP contribution in [0.25, 0.3) is 11.2 Å². The average Bonchev–Trinajstić information content (AvgIpc) is 3.04. The average molecular weight is 350 g/mol. The Kier molecular flexibility index (Phi) is 4.36. The summed E-state index contributed by atoms with van der Waals surface area (Å²) in [6.45, 7) is 8.80. The normalized spacial score (nSPS) is 24.3. The summed E-state index contributed by atoms with van der Waals surface area (Å²) in [5.41, 5.74) is 3.13. The van der Waals surface area contributed by atoms with Crippen molar-refractivity contribution in [3.63, 3.8) is 0 Å². The topological polar surface area (TPSA) is 50.1 Å². The molecule has 6 heteroatoms. The van der Waals surface area contributed by atoms with Gasteiger partial charge >= 0.3 is 0 Å². The number of anilines is 1. The summed E-state index contributed by atoms with van der Waals surface area (Å²) < 4.78 is 1.95. The molecule has 2 aromatic heterocycles. The first-order chi connectivity index (χ1) is 12.6. The van der Waals surface area contributed by atoms with Gasteiger partial charge in [0.1, 0.15) is 6.33 Å². The monoisotopic (exact) mass is 350 g/mol. The van der Waals surface area contributed by atoms with E-state index in [2.05, 4.69) is 75.9 Å². The smallest absolute Gasteiger partial charge is 0.165 e. The first-order valence-corrected chi connectivity index (χ1v) is 9.24. The lowest BCUT2D eigenvalue weighted by atomic mass is 9.99. The second-order valence-corrected chi connectivity index (χ2v) is 7.37. The molecule has 0 radical (unpaired) electrons. The van der Waals surface area contributed by atoms with Crippen LogP contribution in [0.1, 0.15) is 26.3 Å². The molecule has 1 fully saturated rings. The van der Waals surface area contributed by atoms with Gasteiger partial charge in [-0.05, 0) is 26.3 Å². The van der Waals surface area contributed by atoms with Crippen molar-refractivity contribution < 1.29 is 0 Å². The van der Waals surface area contributed by atoms with Crippen molar-refractivity contribution >= 4 is 17.0 Å². The van der Waals surface area contributed by atoms with E-state index in [4.69, 9.17) is 0 Å². The second-order valence-electron chi connectivity index (χ2n) is 7.37. The standard InChI is InChI=1S/C20H26N6/c1-14-10-26(20-18-19(21-12-22-20)24(4)13-23-18)16(3)15(2)25(14)11-17-8-6-5-7-9-17/h5-9,12-16H,10-11H2,1-4H3. The molecule has 1 aliphatic rings. The van der Waals surface area contributed by atoms with Gasteiger partial charge in [0, 0.05) is 38.3 Å². The van der Waals surface area contributed by atoms with E-state index in [1.807, 2.05) is 17.9 Å². The van der Waals surface area contributed by atoms with Gasteiger partial charge in [-0.25, -0.2) is 15.0 Å². The van der Waals surface area contributed by atoms with Crippen molar-refractivity contribution in [3.05, 3.63) is 48.5 Å². The van der Waals surface area contributed by atoms with Crippen LogP contribution < -0.4 is 4.90 Å². The molecule has 1 aromatic carbocycles. The van der Waals surface area contributed by atoms with Crippen molar-refractivity contribution in [2.24, 2.45) is 7.05 Å². The van der Waals surface area contributed by atoms with Crippen LogP contribution in [-0.2, 0) is 13.6 Å². The van der Waals surface area contributed by atoms with Crippen LogP contribution in [0.4, 0.5) is 5.82 Å². The first-order valence-electron chi connectivity index (χ1n) is 9.24. The molecule has 0 amide bonds. The second kappa shape index (κ2) is 6.68. The van der Waals surface area contributed by atoms with Crippen LogP contribution in [0.2, 0.25) is 0 Å². The van der Waals surface area contributed by atoms with E-state index in [0.29, 0.717) is 18.1 Å². The highest BCUT2D eigenvalue weighted by Crippen LogP contribution is 2.30. The zero-order valence-corrected chi connectivity index (χ0v) is 15.9. The molecule has 0 aliphatic carbocycles. The van der Waals surface area contributed by atoms with E-state index in [-0.39, 0.29) is 0 Å². The van der Waals surface area contributed by atoms with Crippen LogP contribution in [0.15, 0.2) is 43.0 Å². The van der Waals surface area contributed by atoms with Gasteiger partial charge in [0.15, 0.2) is 17.0 Å². The SMILES string of the molecule is CC1C(C)N(Cc2ccccc2)C(C)CN1c1ncnc2c1ncn2C. The van der Waals surface area contributed by atoms with Crippen LogP contribution in [-0.4, -0.2) is 49.1 Å². The van der Waals surface area contributed by atoms with Gasteiger partial charge in [-0.2, -0.15) is 0 Å². The minimum Gasteiger partial charge on any atom is -0.349 e. The predicted molar refractivity (Wildman–Crippen MR) is 104 cm³/mol. The third-order valence-corrected chi connectivity index (χ3v) is 5.70. The summed E-state index contributed by atoms with van der Waals surface area (Å²) in [7, 11) is 1.97. The van der Waals surface area contributed by atoms with Crippen molar-refractivity contribution in [3.8, 4) is 0 Å². The van der Waals surface area contributed by atoms with E-state index < -0.39 is 0 Å². The van der Waals surface area contributed by atoms with Gasteiger partial charge < -0.3 is 9.47 Å². The number of piperazine rings is 1. The third-order valence-electron chi connectivity index (χ3n) is 5.70. The maximum Gasteiger partial charge on any atom is 0.165 e. The molecule has 0 bridgehead atoms. The Labute approximate surface area is 154 Å². The summed E-state index contributed by atoms with van der Waals surface area (Å²) in [6.07, 6.45) is 3.46. The van der Waals surface area contributed by atoms with Gasteiger partial charge in [0.05, 0.1) is 6.33 Å². The molecule has 3 unspecified atom stereocenters. The first kappa shape index (κ1) is 17.0. The third kappa shape index (κ3) is 2.84. The molecule has 0 spiro atoms. The van der Waals surface area contributed by atoms with Gasteiger partial charge in [-0.15, -0.1) is 0 Å².